The Labute approximate surface area is 233 Å². The Kier molecular flexibility index (Phi) is 7.27. The summed E-state index contributed by atoms with van der Waals surface area (Å²) >= 11 is 3.62. The van der Waals surface area contributed by atoms with Crippen LogP contribution in [0, 0.1) is 6.92 Å². The second kappa shape index (κ2) is 10.6. The van der Waals surface area contributed by atoms with Gasteiger partial charge >= 0.3 is 5.97 Å². The van der Waals surface area contributed by atoms with E-state index < -0.39 is 0 Å². The maximum atomic E-state index is 13.9. The molecule has 4 heteroatoms. The van der Waals surface area contributed by atoms with Crippen LogP contribution in [0.2, 0.25) is 0 Å². The second-order valence-corrected chi connectivity index (χ2v) is 11.7. The third kappa shape index (κ3) is 5.32. The van der Waals surface area contributed by atoms with Gasteiger partial charge in [0.15, 0.2) is 0 Å². The van der Waals surface area contributed by atoms with Gasteiger partial charge in [0, 0.05) is 27.5 Å². The third-order valence-electron chi connectivity index (χ3n) is 7.06. The number of aryl methyl sites for hydroxylation is 1. The first-order chi connectivity index (χ1) is 18.2. The van der Waals surface area contributed by atoms with Crippen molar-refractivity contribution in [2.24, 2.45) is 0 Å². The van der Waals surface area contributed by atoms with Crippen LogP contribution in [0.1, 0.15) is 53.5 Å². The SMILES string of the molecule is Cc1ccc(Br)cc1Cn1c(C(=O)OCc2ccccc2)c(-c2ccc(C(C)(C)C)cc2)c2ccccc21. The average Bonchev–Trinajstić information content (AvgIpc) is 3.23. The van der Waals surface area contributed by atoms with E-state index in [0.29, 0.717) is 12.2 Å². The number of aromatic nitrogens is 1. The van der Waals surface area contributed by atoms with Gasteiger partial charge in [-0.25, -0.2) is 4.79 Å². The molecule has 0 radical (unpaired) electrons. The fourth-order valence-corrected chi connectivity index (χ4v) is 5.29. The molecular formula is C34H32BrNO2. The van der Waals surface area contributed by atoms with Gasteiger partial charge < -0.3 is 9.30 Å². The lowest BCUT2D eigenvalue weighted by molar-refractivity contribution is 0.0462. The molecule has 0 aliphatic heterocycles. The van der Waals surface area contributed by atoms with Gasteiger partial charge in [-0.2, -0.15) is 0 Å². The van der Waals surface area contributed by atoms with E-state index in [4.69, 9.17) is 4.74 Å². The summed E-state index contributed by atoms with van der Waals surface area (Å²) in [6.07, 6.45) is 0. The molecule has 3 nitrogen and oxygen atoms in total. The maximum Gasteiger partial charge on any atom is 0.355 e. The second-order valence-electron chi connectivity index (χ2n) is 10.8. The highest BCUT2D eigenvalue weighted by Gasteiger charge is 2.26. The van der Waals surface area contributed by atoms with Crippen molar-refractivity contribution in [2.45, 2.75) is 46.3 Å². The lowest BCUT2D eigenvalue weighted by Crippen LogP contribution is -2.15. The molecule has 38 heavy (non-hydrogen) atoms. The van der Waals surface area contributed by atoms with Gasteiger partial charge in [-0.1, -0.05) is 116 Å². The quantitative estimate of drug-likeness (QED) is 0.192. The van der Waals surface area contributed by atoms with E-state index in [1.54, 1.807) is 0 Å². The predicted octanol–water partition coefficient (Wildman–Crippen LogP) is 9.08. The number of para-hydroxylation sites is 1. The number of hydrogen-bond acceptors (Lipinski definition) is 2. The van der Waals surface area contributed by atoms with E-state index in [0.717, 1.165) is 37.6 Å². The molecule has 0 unspecified atom stereocenters. The Balaban J connectivity index is 1.68. The molecule has 0 saturated carbocycles. The van der Waals surface area contributed by atoms with E-state index in [1.165, 1.54) is 11.1 Å². The molecular weight excluding hydrogens is 534 g/mol. The van der Waals surface area contributed by atoms with Crippen LogP contribution >= 0.6 is 15.9 Å². The minimum absolute atomic E-state index is 0.0438. The van der Waals surface area contributed by atoms with Crippen molar-refractivity contribution in [3.05, 3.63) is 129 Å². The number of rotatable bonds is 6. The highest BCUT2D eigenvalue weighted by molar-refractivity contribution is 9.10. The van der Waals surface area contributed by atoms with Crippen molar-refractivity contribution in [1.82, 2.24) is 4.57 Å². The molecule has 0 fully saturated rings. The summed E-state index contributed by atoms with van der Waals surface area (Å²) in [4.78, 5) is 13.9. The van der Waals surface area contributed by atoms with Crippen LogP contribution in [0.3, 0.4) is 0 Å². The van der Waals surface area contributed by atoms with Crippen LogP contribution in [0.15, 0.2) is 102 Å². The van der Waals surface area contributed by atoms with E-state index in [1.807, 2.05) is 48.5 Å². The first-order valence-electron chi connectivity index (χ1n) is 12.9. The van der Waals surface area contributed by atoms with Crippen molar-refractivity contribution >= 4 is 32.8 Å². The molecule has 0 N–H and O–H groups in total. The van der Waals surface area contributed by atoms with Gasteiger partial charge in [0.05, 0.1) is 0 Å². The number of esters is 1. The van der Waals surface area contributed by atoms with Crippen LogP contribution in [0.5, 0.6) is 0 Å². The number of carbonyl (C=O) groups excluding carboxylic acids is 1. The van der Waals surface area contributed by atoms with E-state index in [9.17, 15) is 4.79 Å². The highest BCUT2D eigenvalue weighted by atomic mass is 79.9. The van der Waals surface area contributed by atoms with Crippen LogP contribution in [-0.2, 0) is 23.3 Å². The van der Waals surface area contributed by atoms with Crippen molar-refractivity contribution in [3.63, 3.8) is 0 Å². The smallest absolute Gasteiger partial charge is 0.355 e. The van der Waals surface area contributed by atoms with Gasteiger partial charge in [-0.15, -0.1) is 0 Å². The summed E-state index contributed by atoms with van der Waals surface area (Å²) < 4.78 is 9.08. The minimum atomic E-state index is -0.326. The van der Waals surface area contributed by atoms with Gasteiger partial charge in [0.1, 0.15) is 12.3 Å². The third-order valence-corrected chi connectivity index (χ3v) is 7.55. The number of hydrogen-bond donors (Lipinski definition) is 0. The van der Waals surface area contributed by atoms with Crippen LogP contribution in [0.4, 0.5) is 0 Å². The molecule has 1 heterocycles. The molecule has 0 bridgehead atoms. The lowest BCUT2D eigenvalue weighted by Gasteiger charge is -2.19. The molecule has 0 amide bonds. The summed E-state index contributed by atoms with van der Waals surface area (Å²) in [6, 6.07) is 32.9. The largest absolute Gasteiger partial charge is 0.456 e. The minimum Gasteiger partial charge on any atom is -0.456 e. The van der Waals surface area contributed by atoms with E-state index in [-0.39, 0.29) is 18.0 Å². The zero-order valence-electron chi connectivity index (χ0n) is 22.3. The van der Waals surface area contributed by atoms with Crippen molar-refractivity contribution in [2.75, 3.05) is 0 Å². The highest BCUT2D eigenvalue weighted by Crippen LogP contribution is 2.37. The van der Waals surface area contributed by atoms with Gasteiger partial charge in [0.2, 0.25) is 0 Å². The normalized spacial score (nSPS) is 11.6. The number of carbonyl (C=O) groups is 1. The lowest BCUT2D eigenvalue weighted by atomic mass is 9.86. The number of nitrogens with zero attached hydrogens (tertiary/aromatic N) is 1. The van der Waals surface area contributed by atoms with Crippen LogP contribution in [0.25, 0.3) is 22.0 Å². The molecule has 0 saturated heterocycles. The average molecular weight is 567 g/mol. The zero-order valence-corrected chi connectivity index (χ0v) is 23.9. The molecule has 0 atom stereocenters. The molecule has 1 aromatic heterocycles. The zero-order chi connectivity index (χ0) is 26.9. The molecule has 5 rings (SSSR count). The van der Waals surface area contributed by atoms with Gasteiger partial charge in [-0.3, -0.25) is 0 Å². The molecule has 4 aromatic carbocycles. The number of fused-ring (bicyclic) bond motifs is 1. The predicted molar refractivity (Wildman–Crippen MR) is 160 cm³/mol. The fourth-order valence-electron chi connectivity index (χ4n) is 4.88. The molecule has 192 valence electrons. The standard InChI is InChI=1S/C34H32BrNO2/c1-23-14-19-28(35)20-26(23)21-36-30-13-9-8-12-29(30)31(25-15-17-27(18-16-25)34(2,3)4)32(36)33(37)38-22-24-10-6-5-7-11-24/h5-20H,21-22H2,1-4H3. The summed E-state index contributed by atoms with van der Waals surface area (Å²) in [6.45, 7) is 9.51. The molecule has 0 aliphatic carbocycles. The van der Waals surface area contributed by atoms with E-state index >= 15 is 0 Å². The molecule has 5 aromatic rings. The topological polar surface area (TPSA) is 31.2 Å². The van der Waals surface area contributed by atoms with Crippen molar-refractivity contribution < 1.29 is 9.53 Å². The van der Waals surface area contributed by atoms with E-state index in [2.05, 4.69) is 96.7 Å². The number of halogens is 1. The van der Waals surface area contributed by atoms with Crippen LogP contribution in [-0.4, -0.2) is 10.5 Å². The van der Waals surface area contributed by atoms with Gasteiger partial charge in [-0.05, 0) is 58.4 Å². The fraction of sp³-hybridized carbons (Fsp3) is 0.206. The summed E-state index contributed by atoms with van der Waals surface area (Å²) in [7, 11) is 0. The Bertz CT molecular complexity index is 1590. The summed E-state index contributed by atoms with van der Waals surface area (Å²) in [5, 5.41) is 1.04. The van der Waals surface area contributed by atoms with Crippen LogP contribution < -0.4 is 0 Å². The van der Waals surface area contributed by atoms with Crippen molar-refractivity contribution in [3.8, 4) is 11.1 Å². The van der Waals surface area contributed by atoms with Crippen molar-refractivity contribution in [1.29, 1.82) is 0 Å². The first-order valence-corrected chi connectivity index (χ1v) is 13.7. The number of ether oxygens (including phenoxy) is 1. The monoisotopic (exact) mass is 565 g/mol. The summed E-state index contributed by atoms with van der Waals surface area (Å²) in [5.74, 6) is -0.326. The Morgan fingerprint density at radius 3 is 2.26 bits per heavy atom. The Morgan fingerprint density at radius 1 is 0.868 bits per heavy atom. The molecule has 0 aliphatic rings. The Morgan fingerprint density at radius 2 is 1.55 bits per heavy atom. The van der Waals surface area contributed by atoms with Gasteiger partial charge in [0.25, 0.3) is 0 Å². The Hall–Kier alpha value is -3.63. The number of benzene rings is 4. The first kappa shape index (κ1) is 26.0. The molecule has 0 spiro atoms. The summed E-state index contributed by atoms with van der Waals surface area (Å²) in [5.41, 5.74) is 8.07. The maximum absolute atomic E-state index is 13.9.